The van der Waals surface area contributed by atoms with E-state index in [4.69, 9.17) is 4.74 Å². The van der Waals surface area contributed by atoms with Crippen LogP contribution < -0.4 is 9.64 Å². The van der Waals surface area contributed by atoms with Crippen LogP contribution in [0.1, 0.15) is 12.2 Å². The molecule has 0 spiro atoms. The molecule has 2 aromatic rings. The second-order valence-electron chi connectivity index (χ2n) is 4.78. The number of aromatic nitrogens is 3. The molecule has 5 nitrogen and oxygen atoms in total. The van der Waals surface area contributed by atoms with Crippen LogP contribution in [0.25, 0.3) is 0 Å². The molecular weight excluding hydrogens is 320 g/mol. The first-order valence-electron chi connectivity index (χ1n) is 6.52. The first-order chi connectivity index (χ1) is 9.70. The van der Waals surface area contributed by atoms with Crippen molar-refractivity contribution in [2.45, 2.75) is 19.4 Å². The van der Waals surface area contributed by atoms with E-state index in [0.29, 0.717) is 0 Å². The van der Waals surface area contributed by atoms with Crippen LogP contribution in [0.15, 0.2) is 35.2 Å². The number of ether oxygens (including phenoxy) is 1. The summed E-state index contributed by atoms with van der Waals surface area (Å²) in [6, 6.07) is 3.88. The summed E-state index contributed by atoms with van der Waals surface area (Å²) in [4.78, 5) is 14.9. The van der Waals surface area contributed by atoms with Crippen LogP contribution in [0.5, 0.6) is 5.75 Å². The summed E-state index contributed by atoms with van der Waals surface area (Å²) < 4.78 is 6.89. The number of anilines is 1. The number of pyridine rings is 1. The van der Waals surface area contributed by atoms with E-state index in [1.54, 1.807) is 18.6 Å². The van der Waals surface area contributed by atoms with E-state index in [9.17, 15) is 0 Å². The monoisotopic (exact) mass is 334 g/mol. The molecule has 1 aliphatic rings. The lowest BCUT2D eigenvalue weighted by atomic mass is 10.3. The molecule has 0 unspecified atom stereocenters. The van der Waals surface area contributed by atoms with Crippen molar-refractivity contribution in [1.29, 1.82) is 0 Å². The second-order valence-corrected chi connectivity index (χ2v) is 5.69. The quantitative estimate of drug-likeness (QED) is 0.863. The number of hydrogen-bond donors (Lipinski definition) is 0. The Morgan fingerprint density at radius 1 is 1.40 bits per heavy atom. The average Bonchev–Trinajstić information content (AvgIpc) is 2.87. The van der Waals surface area contributed by atoms with E-state index in [-0.39, 0.29) is 6.10 Å². The third kappa shape index (κ3) is 3.07. The summed E-state index contributed by atoms with van der Waals surface area (Å²) in [5.74, 6) is 2.56. The van der Waals surface area contributed by atoms with Crippen molar-refractivity contribution in [3.63, 3.8) is 0 Å². The van der Waals surface area contributed by atoms with Gasteiger partial charge in [-0.15, -0.1) is 0 Å². The van der Waals surface area contributed by atoms with Gasteiger partial charge in [-0.05, 0) is 35.0 Å². The first-order valence-corrected chi connectivity index (χ1v) is 7.32. The molecule has 0 bridgehead atoms. The van der Waals surface area contributed by atoms with Gasteiger partial charge in [0, 0.05) is 29.8 Å². The molecule has 3 rings (SSSR count). The van der Waals surface area contributed by atoms with Crippen LogP contribution in [-0.4, -0.2) is 34.1 Å². The minimum atomic E-state index is 0.168. The van der Waals surface area contributed by atoms with Crippen molar-refractivity contribution in [3.05, 3.63) is 41.0 Å². The lowest BCUT2D eigenvalue weighted by Gasteiger charge is -2.18. The van der Waals surface area contributed by atoms with Crippen molar-refractivity contribution in [2.24, 2.45) is 0 Å². The van der Waals surface area contributed by atoms with Gasteiger partial charge in [-0.2, -0.15) is 0 Å². The van der Waals surface area contributed by atoms with Gasteiger partial charge in [0.1, 0.15) is 23.5 Å². The number of rotatable bonds is 3. The van der Waals surface area contributed by atoms with Gasteiger partial charge >= 0.3 is 0 Å². The minimum absolute atomic E-state index is 0.168. The van der Waals surface area contributed by atoms with Crippen LogP contribution in [-0.2, 0) is 0 Å². The minimum Gasteiger partial charge on any atom is -0.487 e. The molecule has 2 aromatic heterocycles. The Kier molecular flexibility index (Phi) is 3.82. The van der Waals surface area contributed by atoms with Gasteiger partial charge < -0.3 is 9.64 Å². The van der Waals surface area contributed by atoms with Crippen molar-refractivity contribution in [3.8, 4) is 5.75 Å². The third-order valence-corrected chi connectivity index (χ3v) is 3.65. The fourth-order valence-corrected chi connectivity index (χ4v) is 2.65. The predicted molar refractivity (Wildman–Crippen MR) is 80.0 cm³/mol. The highest BCUT2D eigenvalue weighted by molar-refractivity contribution is 9.10. The van der Waals surface area contributed by atoms with Gasteiger partial charge in [0.2, 0.25) is 0 Å². The number of halogens is 1. The Bertz CT molecular complexity index is 607. The normalized spacial score (nSPS) is 18.3. The molecule has 1 fully saturated rings. The molecule has 6 heteroatoms. The fourth-order valence-electron chi connectivity index (χ4n) is 2.30. The summed E-state index contributed by atoms with van der Waals surface area (Å²) >= 11 is 3.40. The van der Waals surface area contributed by atoms with E-state index >= 15 is 0 Å². The van der Waals surface area contributed by atoms with Gasteiger partial charge in [-0.3, -0.25) is 4.98 Å². The van der Waals surface area contributed by atoms with Crippen molar-refractivity contribution < 1.29 is 4.74 Å². The van der Waals surface area contributed by atoms with Crippen LogP contribution in [0, 0.1) is 6.92 Å². The van der Waals surface area contributed by atoms with Gasteiger partial charge in [-0.1, -0.05) is 0 Å². The largest absolute Gasteiger partial charge is 0.487 e. The molecule has 1 atom stereocenters. The van der Waals surface area contributed by atoms with Crippen LogP contribution in [0.3, 0.4) is 0 Å². The summed E-state index contributed by atoms with van der Waals surface area (Å²) in [7, 11) is 0. The van der Waals surface area contributed by atoms with E-state index < -0.39 is 0 Å². The molecule has 1 saturated heterocycles. The van der Waals surface area contributed by atoms with E-state index in [1.165, 1.54) is 0 Å². The predicted octanol–water partition coefficient (Wildman–Crippen LogP) is 2.60. The van der Waals surface area contributed by atoms with Gasteiger partial charge in [-0.25, -0.2) is 9.97 Å². The Hall–Kier alpha value is -1.69. The first kappa shape index (κ1) is 13.3. The smallest absolute Gasteiger partial charge is 0.139 e. The van der Waals surface area contributed by atoms with E-state index in [0.717, 1.165) is 41.4 Å². The molecule has 0 saturated carbocycles. The van der Waals surface area contributed by atoms with Crippen molar-refractivity contribution in [2.75, 3.05) is 18.0 Å². The molecule has 104 valence electrons. The standard InChI is InChI=1S/C14H15BrN4O/c1-10-17-4-2-14(18-10)19-5-3-12(9-19)20-13-6-11(15)7-16-8-13/h2,4,6-8,12H,3,5,9H2,1H3/t12-/m0/s1. The average molecular weight is 335 g/mol. The van der Waals surface area contributed by atoms with E-state index in [1.807, 2.05) is 19.1 Å². The molecule has 20 heavy (non-hydrogen) atoms. The fraction of sp³-hybridized carbons (Fsp3) is 0.357. The Morgan fingerprint density at radius 2 is 2.30 bits per heavy atom. The Balaban J connectivity index is 1.65. The van der Waals surface area contributed by atoms with Crippen LogP contribution in [0.4, 0.5) is 5.82 Å². The number of aryl methyl sites for hydroxylation is 1. The maximum atomic E-state index is 5.96. The molecule has 0 radical (unpaired) electrons. The Morgan fingerprint density at radius 3 is 3.10 bits per heavy atom. The number of nitrogens with zero attached hydrogens (tertiary/aromatic N) is 4. The summed E-state index contributed by atoms with van der Waals surface area (Å²) in [6.45, 7) is 3.69. The third-order valence-electron chi connectivity index (χ3n) is 3.21. The zero-order chi connectivity index (χ0) is 13.9. The zero-order valence-electron chi connectivity index (χ0n) is 11.2. The van der Waals surface area contributed by atoms with Crippen LogP contribution in [0.2, 0.25) is 0 Å². The van der Waals surface area contributed by atoms with Gasteiger partial charge in [0.15, 0.2) is 0 Å². The maximum Gasteiger partial charge on any atom is 0.139 e. The maximum absolute atomic E-state index is 5.96. The highest BCUT2D eigenvalue weighted by Crippen LogP contribution is 2.23. The molecule has 0 aliphatic carbocycles. The zero-order valence-corrected chi connectivity index (χ0v) is 12.7. The van der Waals surface area contributed by atoms with Crippen LogP contribution >= 0.6 is 15.9 Å². The van der Waals surface area contributed by atoms with Crippen molar-refractivity contribution >= 4 is 21.7 Å². The second kappa shape index (κ2) is 5.75. The molecule has 3 heterocycles. The topological polar surface area (TPSA) is 51.1 Å². The summed E-state index contributed by atoms with van der Waals surface area (Å²) in [6.07, 6.45) is 6.43. The highest BCUT2D eigenvalue weighted by Gasteiger charge is 2.25. The highest BCUT2D eigenvalue weighted by atomic mass is 79.9. The Labute approximate surface area is 126 Å². The summed E-state index contributed by atoms with van der Waals surface area (Å²) in [5.41, 5.74) is 0. The summed E-state index contributed by atoms with van der Waals surface area (Å²) in [5, 5.41) is 0. The molecular formula is C14H15BrN4O. The lowest BCUT2D eigenvalue weighted by Crippen LogP contribution is -2.25. The molecule has 1 aliphatic heterocycles. The molecule has 0 amide bonds. The van der Waals surface area contributed by atoms with Gasteiger partial charge in [0.25, 0.3) is 0 Å². The SMILES string of the molecule is Cc1nccc(N2CC[C@H](Oc3cncc(Br)c3)C2)n1. The molecule has 0 aromatic carbocycles. The molecule has 0 N–H and O–H groups in total. The van der Waals surface area contributed by atoms with E-state index in [2.05, 4.69) is 35.8 Å². The van der Waals surface area contributed by atoms with Crippen molar-refractivity contribution in [1.82, 2.24) is 15.0 Å². The van der Waals surface area contributed by atoms with Gasteiger partial charge in [0.05, 0.1) is 12.7 Å². The number of hydrogen-bond acceptors (Lipinski definition) is 5. The lowest BCUT2D eigenvalue weighted by molar-refractivity contribution is 0.224.